The van der Waals surface area contributed by atoms with Gasteiger partial charge in [0, 0.05) is 49.8 Å². The van der Waals surface area contributed by atoms with Crippen molar-refractivity contribution in [3.05, 3.63) is 71.4 Å². The number of aromatic nitrogens is 1. The molecule has 2 heterocycles. The lowest BCUT2D eigenvalue weighted by atomic mass is 10.1. The maximum absolute atomic E-state index is 12.4. The molecule has 0 aliphatic carbocycles. The number of para-hydroxylation sites is 1. The molecule has 4 N–H and O–H groups in total. The summed E-state index contributed by atoms with van der Waals surface area (Å²) in [5.41, 5.74) is 4.75. The molecule has 1 saturated heterocycles. The quantitative estimate of drug-likeness (QED) is 0.433. The molecule has 0 bridgehead atoms. The SMILES string of the molecule is Cc1cc(NC(=O)NCCN2CCC(NC(=O)NCc3ccccc3C)C2)c2ccccc2n1. The van der Waals surface area contributed by atoms with Gasteiger partial charge in [-0.1, -0.05) is 42.5 Å². The minimum absolute atomic E-state index is 0.108. The fourth-order valence-electron chi connectivity index (χ4n) is 4.28. The van der Waals surface area contributed by atoms with Crippen molar-refractivity contribution in [3.63, 3.8) is 0 Å². The Morgan fingerprint density at radius 1 is 1.03 bits per heavy atom. The molecule has 4 rings (SSSR count). The zero-order valence-electron chi connectivity index (χ0n) is 19.7. The highest BCUT2D eigenvalue weighted by molar-refractivity contribution is 6.00. The second-order valence-electron chi connectivity index (χ2n) is 8.75. The van der Waals surface area contributed by atoms with Gasteiger partial charge in [0.2, 0.25) is 0 Å². The fraction of sp³-hybridized carbons (Fsp3) is 0.346. The average molecular weight is 461 g/mol. The van der Waals surface area contributed by atoms with Crippen LogP contribution in [0.15, 0.2) is 54.6 Å². The predicted octanol–water partition coefficient (Wildman–Crippen LogP) is 3.55. The molecule has 1 unspecified atom stereocenters. The number of likely N-dealkylation sites (tertiary alicyclic amines) is 1. The monoisotopic (exact) mass is 460 g/mol. The zero-order valence-corrected chi connectivity index (χ0v) is 19.7. The first-order chi connectivity index (χ1) is 16.5. The molecule has 34 heavy (non-hydrogen) atoms. The normalized spacial score (nSPS) is 15.8. The number of hydrogen-bond acceptors (Lipinski definition) is 4. The summed E-state index contributed by atoms with van der Waals surface area (Å²) in [6, 6.07) is 17.4. The summed E-state index contributed by atoms with van der Waals surface area (Å²) in [7, 11) is 0. The number of rotatable bonds is 7. The number of hydrogen-bond donors (Lipinski definition) is 4. The van der Waals surface area contributed by atoms with Crippen LogP contribution in [0.4, 0.5) is 15.3 Å². The second-order valence-corrected chi connectivity index (χ2v) is 8.75. The third kappa shape index (κ3) is 6.23. The lowest BCUT2D eigenvalue weighted by Gasteiger charge is -2.18. The first-order valence-corrected chi connectivity index (χ1v) is 11.7. The van der Waals surface area contributed by atoms with E-state index in [4.69, 9.17) is 0 Å². The molecule has 1 aromatic heterocycles. The molecule has 1 aliphatic heterocycles. The highest BCUT2D eigenvalue weighted by Gasteiger charge is 2.23. The maximum Gasteiger partial charge on any atom is 0.319 e. The van der Waals surface area contributed by atoms with Gasteiger partial charge in [-0.15, -0.1) is 0 Å². The molecular formula is C26H32N6O2. The van der Waals surface area contributed by atoms with Gasteiger partial charge >= 0.3 is 12.1 Å². The van der Waals surface area contributed by atoms with Crippen LogP contribution in [0.5, 0.6) is 0 Å². The van der Waals surface area contributed by atoms with Crippen molar-refractivity contribution in [2.45, 2.75) is 32.9 Å². The zero-order chi connectivity index (χ0) is 23.9. The minimum atomic E-state index is -0.236. The van der Waals surface area contributed by atoms with Crippen LogP contribution >= 0.6 is 0 Å². The first-order valence-electron chi connectivity index (χ1n) is 11.7. The summed E-state index contributed by atoms with van der Waals surface area (Å²) in [5, 5.41) is 12.8. The van der Waals surface area contributed by atoms with Crippen LogP contribution in [-0.4, -0.2) is 54.2 Å². The molecular weight excluding hydrogens is 428 g/mol. The van der Waals surface area contributed by atoms with E-state index < -0.39 is 0 Å². The molecule has 0 saturated carbocycles. The number of pyridine rings is 1. The lowest BCUT2D eigenvalue weighted by Crippen LogP contribution is -2.43. The standard InChI is InChI=1S/C26H32N6O2/c1-18-7-3-4-8-20(18)16-28-26(34)30-21-11-13-32(17-21)14-12-27-25(33)31-24-15-19(2)29-23-10-6-5-9-22(23)24/h3-10,15,21H,11-14,16-17H2,1-2H3,(H2,28,30,34)(H2,27,29,31,33). The van der Waals surface area contributed by atoms with E-state index in [1.807, 2.05) is 68.4 Å². The molecule has 0 radical (unpaired) electrons. The van der Waals surface area contributed by atoms with Crippen LogP contribution in [0.1, 0.15) is 23.2 Å². The summed E-state index contributed by atoms with van der Waals surface area (Å²) < 4.78 is 0. The van der Waals surface area contributed by atoms with Gasteiger partial charge in [0.05, 0.1) is 11.2 Å². The minimum Gasteiger partial charge on any atom is -0.337 e. The number of nitrogens with one attached hydrogen (secondary N) is 4. The summed E-state index contributed by atoms with van der Waals surface area (Å²) in [6.45, 7) is 7.39. The van der Waals surface area contributed by atoms with Crippen LogP contribution in [-0.2, 0) is 6.54 Å². The van der Waals surface area contributed by atoms with Gasteiger partial charge in [-0.25, -0.2) is 9.59 Å². The smallest absolute Gasteiger partial charge is 0.319 e. The molecule has 1 fully saturated rings. The maximum atomic E-state index is 12.4. The summed E-state index contributed by atoms with van der Waals surface area (Å²) in [5.74, 6) is 0. The number of carbonyl (C=O) groups excluding carboxylic acids is 2. The van der Waals surface area contributed by atoms with Crippen molar-refractivity contribution in [2.75, 3.05) is 31.5 Å². The third-order valence-electron chi connectivity index (χ3n) is 6.11. The van der Waals surface area contributed by atoms with Crippen LogP contribution in [0.2, 0.25) is 0 Å². The van der Waals surface area contributed by atoms with Gasteiger partial charge in [-0.3, -0.25) is 9.88 Å². The predicted molar refractivity (Wildman–Crippen MR) is 135 cm³/mol. The van der Waals surface area contributed by atoms with E-state index >= 15 is 0 Å². The number of anilines is 1. The average Bonchev–Trinajstić information content (AvgIpc) is 3.25. The topological polar surface area (TPSA) is 98.4 Å². The van der Waals surface area contributed by atoms with Gasteiger partial charge in [-0.05, 0) is 43.5 Å². The van der Waals surface area contributed by atoms with Gasteiger partial charge in [0.1, 0.15) is 0 Å². The molecule has 8 nitrogen and oxygen atoms in total. The Balaban J connectivity index is 1.17. The Morgan fingerprint density at radius 3 is 2.68 bits per heavy atom. The van der Waals surface area contributed by atoms with Crippen LogP contribution < -0.4 is 21.3 Å². The molecule has 2 aromatic carbocycles. The van der Waals surface area contributed by atoms with Crippen LogP contribution in [0, 0.1) is 13.8 Å². The number of urea groups is 2. The van der Waals surface area contributed by atoms with Gasteiger partial charge in [0.15, 0.2) is 0 Å². The molecule has 8 heteroatoms. The highest BCUT2D eigenvalue weighted by Crippen LogP contribution is 2.22. The summed E-state index contributed by atoms with van der Waals surface area (Å²) in [6.07, 6.45) is 0.895. The fourth-order valence-corrected chi connectivity index (χ4v) is 4.28. The van der Waals surface area contributed by atoms with Crippen molar-refractivity contribution < 1.29 is 9.59 Å². The van der Waals surface area contributed by atoms with Gasteiger partial charge < -0.3 is 21.3 Å². The van der Waals surface area contributed by atoms with E-state index in [0.717, 1.165) is 53.9 Å². The molecule has 0 spiro atoms. The first kappa shape index (κ1) is 23.5. The van der Waals surface area contributed by atoms with E-state index in [0.29, 0.717) is 13.1 Å². The van der Waals surface area contributed by atoms with Crippen molar-refractivity contribution in [3.8, 4) is 0 Å². The Hall–Kier alpha value is -3.65. The Morgan fingerprint density at radius 2 is 1.82 bits per heavy atom. The Bertz CT molecular complexity index is 1160. The number of benzene rings is 2. The summed E-state index contributed by atoms with van der Waals surface area (Å²) >= 11 is 0. The number of fused-ring (bicyclic) bond motifs is 1. The van der Waals surface area contributed by atoms with E-state index in [9.17, 15) is 9.59 Å². The second kappa shape index (κ2) is 11.0. The van der Waals surface area contributed by atoms with Crippen LogP contribution in [0.3, 0.4) is 0 Å². The van der Waals surface area contributed by atoms with E-state index in [-0.39, 0.29) is 18.1 Å². The molecule has 1 aliphatic rings. The molecule has 178 valence electrons. The number of aryl methyl sites for hydroxylation is 2. The Kier molecular flexibility index (Phi) is 7.59. The molecule has 4 amide bonds. The largest absolute Gasteiger partial charge is 0.337 e. The highest BCUT2D eigenvalue weighted by atomic mass is 16.2. The molecule has 3 aromatic rings. The van der Waals surface area contributed by atoms with E-state index in [1.54, 1.807) is 0 Å². The molecule has 1 atom stereocenters. The van der Waals surface area contributed by atoms with Crippen molar-refractivity contribution in [1.29, 1.82) is 0 Å². The third-order valence-corrected chi connectivity index (χ3v) is 6.11. The van der Waals surface area contributed by atoms with Gasteiger partial charge in [0.25, 0.3) is 0 Å². The van der Waals surface area contributed by atoms with E-state index in [1.165, 1.54) is 5.56 Å². The number of carbonyl (C=O) groups is 2. The van der Waals surface area contributed by atoms with Gasteiger partial charge in [-0.2, -0.15) is 0 Å². The number of nitrogens with zero attached hydrogens (tertiary/aromatic N) is 2. The number of amides is 4. The lowest BCUT2D eigenvalue weighted by molar-refractivity contribution is 0.236. The van der Waals surface area contributed by atoms with Crippen molar-refractivity contribution in [2.24, 2.45) is 0 Å². The van der Waals surface area contributed by atoms with E-state index in [2.05, 4.69) is 31.2 Å². The van der Waals surface area contributed by atoms with Crippen molar-refractivity contribution in [1.82, 2.24) is 25.8 Å². The summed E-state index contributed by atoms with van der Waals surface area (Å²) in [4.78, 5) is 31.5. The van der Waals surface area contributed by atoms with Crippen molar-refractivity contribution >= 4 is 28.7 Å². The van der Waals surface area contributed by atoms with Crippen LogP contribution in [0.25, 0.3) is 10.9 Å². The Labute approximate surface area is 200 Å².